The van der Waals surface area contributed by atoms with Crippen LogP contribution < -0.4 is 0 Å². The fourth-order valence-electron chi connectivity index (χ4n) is 0.948. The van der Waals surface area contributed by atoms with Crippen LogP contribution in [0.15, 0.2) is 0 Å². The van der Waals surface area contributed by atoms with Gasteiger partial charge >= 0.3 is 24.2 Å². The van der Waals surface area contributed by atoms with Crippen LogP contribution in [0.5, 0.6) is 0 Å². The van der Waals surface area contributed by atoms with E-state index in [4.69, 9.17) is 0 Å². The van der Waals surface area contributed by atoms with Crippen LogP contribution in [-0.2, 0) is 4.74 Å². The summed E-state index contributed by atoms with van der Waals surface area (Å²) in [6.07, 6.45) is -21.6. The van der Waals surface area contributed by atoms with Crippen molar-refractivity contribution in [3.8, 4) is 0 Å². The molecule has 0 saturated heterocycles. The summed E-state index contributed by atoms with van der Waals surface area (Å²) in [5.41, 5.74) is 0. The molecule has 0 radical (unpaired) electrons. The van der Waals surface area contributed by atoms with E-state index in [0.717, 1.165) is 0 Å². The van der Waals surface area contributed by atoms with Crippen molar-refractivity contribution >= 4 is 0 Å². The van der Waals surface area contributed by atoms with Gasteiger partial charge in [0, 0.05) is 0 Å². The predicted octanol–water partition coefficient (Wildman–Crippen LogP) is 4.07. The summed E-state index contributed by atoms with van der Waals surface area (Å²) in [7, 11) is 0. The van der Waals surface area contributed by atoms with Gasteiger partial charge in [0.25, 0.3) is 12.3 Å². The second-order valence-electron chi connectivity index (χ2n) is 3.82. The van der Waals surface area contributed by atoms with Crippen LogP contribution in [0.2, 0.25) is 0 Å². The second-order valence-corrected chi connectivity index (χ2v) is 3.82. The Labute approximate surface area is 108 Å². The molecule has 0 bridgehead atoms. The van der Waals surface area contributed by atoms with Gasteiger partial charge in [-0.1, -0.05) is 0 Å². The van der Waals surface area contributed by atoms with Crippen molar-refractivity contribution in [3.05, 3.63) is 0 Å². The highest BCUT2D eigenvalue weighted by Crippen LogP contribution is 2.37. The molecule has 0 aliphatic rings. The third kappa shape index (κ3) is 5.79. The molecule has 0 aliphatic carbocycles. The number of rotatable bonds is 6. The first-order chi connectivity index (χ1) is 9.02. The normalized spacial score (nSPS) is 17.7. The molecule has 21 heavy (non-hydrogen) atoms. The van der Waals surface area contributed by atoms with Crippen molar-refractivity contribution in [1.82, 2.24) is 0 Å². The molecular formula is C8H6F12O. The maximum Gasteiger partial charge on any atom is 0.425 e. The monoisotopic (exact) mass is 346 g/mol. The molecular weight excluding hydrogens is 340 g/mol. The summed E-state index contributed by atoms with van der Waals surface area (Å²) in [6, 6.07) is 0. The Balaban J connectivity index is 4.62. The van der Waals surface area contributed by atoms with Crippen LogP contribution in [0.4, 0.5) is 52.7 Å². The number of halogens is 12. The number of alkyl halides is 12. The van der Waals surface area contributed by atoms with Crippen molar-refractivity contribution < 1.29 is 57.4 Å². The van der Waals surface area contributed by atoms with Gasteiger partial charge < -0.3 is 4.74 Å². The molecule has 0 spiro atoms. The van der Waals surface area contributed by atoms with E-state index < -0.39 is 49.8 Å². The third-order valence-corrected chi connectivity index (χ3v) is 1.91. The fourth-order valence-corrected chi connectivity index (χ4v) is 0.948. The van der Waals surface area contributed by atoms with Gasteiger partial charge in [0.15, 0.2) is 0 Å². The summed E-state index contributed by atoms with van der Waals surface area (Å²) in [6.45, 7) is -5.21. The van der Waals surface area contributed by atoms with Gasteiger partial charge in [0.2, 0.25) is 0 Å². The molecule has 2 atom stereocenters. The van der Waals surface area contributed by atoms with Crippen LogP contribution in [0, 0.1) is 0 Å². The lowest BCUT2D eigenvalue weighted by molar-refractivity contribution is -0.273. The minimum absolute atomic E-state index is 2.60. The Morgan fingerprint density at radius 3 is 1.00 bits per heavy atom. The zero-order valence-electron chi connectivity index (χ0n) is 9.51. The Hall–Kier alpha value is -0.880. The fraction of sp³-hybridized carbons (Fsp3) is 1.00. The minimum atomic E-state index is -6.04. The summed E-state index contributed by atoms with van der Waals surface area (Å²) in [5, 5.41) is 0. The quantitative estimate of drug-likeness (QED) is 0.659. The number of hydrogen-bond acceptors (Lipinski definition) is 1. The molecule has 0 fully saturated rings. The van der Waals surface area contributed by atoms with E-state index in [-0.39, 0.29) is 0 Å². The smallest absolute Gasteiger partial charge is 0.369 e. The second kappa shape index (κ2) is 6.08. The average molecular weight is 346 g/mol. The maximum atomic E-state index is 12.5. The van der Waals surface area contributed by atoms with E-state index in [1.807, 2.05) is 0 Å². The highest BCUT2D eigenvalue weighted by Gasteiger charge is 2.59. The van der Waals surface area contributed by atoms with E-state index in [2.05, 4.69) is 4.74 Å². The highest BCUT2D eigenvalue weighted by molar-refractivity contribution is 4.85. The van der Waals surface area contributed by atoms with Crippen LogP contribution in [0.1, 0.15) is 0 Å². The molecule has 0 N–H and O–H groups in total. The zero-order valence-corrected chi connectivity index (χ0v) is 9.51. The average Bonchev–Trinajstić information content (AvgIpc) is 2.23. The van der Waals surface area contributed by atoms with Gasteiger partial charge in [-0.3, -0.25) is 0 Å². The Kier molecular flexibility index (Phi) is 5.83. The maximum absolute atomic E-state index is 12.5. The van der Waals surface area contributed by atoms with E-state index >= 15 is 0 Å². The molecule has 0 rings (SSSR count). The zero-order chi connectivity index (χ0) is 17.3. The molecule has 0 saturated carbocycles. The molecule has 128 valence electrons. The van der Waals surface area contributed by atoms with Gasteiger partial charge in [0.05, 0.1) is 0 Å². The third-order valence-electron chi connectivity index (χ3n) is 1.91. The first-order valence-electron chi connectivity index (χ1n) is 4.77. The molecule has 0 aliphatic heterocycles. The first-order valence-corrected chi connectivity index (χ1v) is 4.77. The van der Waals surface area contributed by atoms with Crippen LogP contribution in [0.25, 0.3) is 0 Å². The SMILES string of the molecule is F[C@H](C(F)(F)F)C(F)(F)COCC(F)(F)[C@@H](F)C(F)(F)F. The lowest BCUT2D eigenvalue weighted by Gasteiger charge is -2.25. The van der Waals surface area contributed by atoms with Crippen molar-refractivity contribution in [3.63, 3.8) is 0 Å². The lowest BCUT2D eigenvalue weighted by Crippen LogP contribution is -2.48. The summed E-state index contributed by atoms with van der Waals surface area (Å²) < 4.78 is 148. The molecule has 0 aromatic rings. The van der Waals surface area contributed by atoms with Gasteiger partial charge in [-0.05, 0) is 0 Å². The molecule has 0 heterocycles. The van der Waals surface area contributed by atoms with Gasteiger partial charge in [-0.15, -0.1) is 0 Å². The standard InChI is InChI=1S/C8H6F12O/c9-3(7(15,16)17)5(11,12)1-21-2-6(13,14)4(10)8(18,19)20/h3-4H,1-2H2/t3-,4+. The Morgan fingerprint density at radius 1 is 0.571 bits per heavy atom. The molecule has 1 nitrogen and oxygen atoms in total. The van der Waals surface area contributed by atoms with E-state index in [1.54, 1.807) is 0 Å². The lowest BCUT2D eigenvalue weighted by atomic mass is 10.2. The van der Waals surface area contributed by atoms with E-state index in [0.29, 0.717) is 0 Å². The van der Waals surface area contributed by atoms with Crippen LogP contribution >= 0.6 is 0 Å². The summed E-state index contributed by atoms with van der Waals surface area (Å²) >= 11 is 0. The molecule has 0 aromatic carbocycles. The summed E-state index contributed by atoms with van der Waals surface area (Å²) in [5.74, 6) is -10.6. The molecule has 0 aromatic heterocycles. The largest absolute Gasteiger partial charge is 0.425 e. The van der Waals surface area contributed by atoms with E-state index in [1.165, 1.54) is 0 Å². The highest BCUT2D eigenvalue weighted by atomic mass is 19.4. The van der Waals surface area contributed by atoms with Gasteiger partial charge in [-0.2, -0.15) is 26.3 Å². The Bertz CT molecular complexity index is 299. The predicted molar refractivity (Wildman–Crippen MR) is 42.6 cm³/mol. The topological polar surface area (TPSA) is 9.23 Å². The van der Waals surface area contributed by atoms with Crippen LogP contribution in [-0.4, -0.2) is 49.8 Å². The van der Waals surface area contributed by atoms with Crippen LogP contribution in [0.3, 0.4) is 0 Å². The van der Waals surface area contributed by atoms with E-state index in [9.17, 15) is 52.7 Å². The number of ether oxygens (including phenoxy) is 1. The minimum Gasteiger partial charge on any atom is -0.369 e. The van der Waals surface area contributed by atoms with Gasteiger partial charge in [-0.25, -0.2) is 26.3 Å². The first kappa shape index (κ1) is 20.1. The molecule has 0 amide bonds. The van der Waals surface area contributed by atoms with Crippen molar-refractivity contribution in [2.24, 2.45) is 0 Å². The van der Waals surface area contributed by atoms with Gasteiger partial charge in [0.1, 0.15) is 13.2 Å². The molecule has 13 heteroatoms. The van der Waals surface area contributed by atoms with Crippen molar-refractivity contribution in [1.29, 1.82) is 0 Å². The van der Waals surface area contributed by atoms with Crippen molar-refractivity contribution in [2.45, 2.75) is 36.5 Å². The summed E-state index contributed by atoms with van der Waals surface area (Å²) in [4.78, 5) is 0. The molecule has 0 unspecified atom stereocenters. The van der Waals surface area contributed by atoms with Crippen molar-refractivity contribution in [2.75, 3.05) is 13.2 Å². The number of hydrogen-bond donors (Lipinski definition) is 0. The Morgan fingerprint density at radius 2 is 0.810 bits per heavy atom.